The maximum Gasteiger partial charge on any atom is 0.149 e. The van der Waals surface area contributed by atoms with Crippen LogP contribution in [0, 0.1) is 11.6 Å². The Hall–Kier alpha value is -1.03. The third-order valence-corrected chi connectivity index (χ3v) is 2.48. The van der Waals surface area contributed by atoms with E-state index in [1.807, 2.05) is 0 Å². The fourth-order valence-electron chi connectivity index (χ4n) is 1.77. The Labute approximate surface area is 81.4 Å². The normalized spacial score (nSPS) is 22.3. The molecular weight excluding hydrogens is 186 g/mol. The van der Waals surface area contributed by atoms with Crippen LogP contribution in [-0.2, 0) is 0 Å². The van der Waals surface area contributed by atoms with Gasteiger partial charge in [0.05, 0.1) is 17.9 Å². The summed E-state index contributed by atoms with van der Waals surface area (Å²) in [5, 5.41) is 3.17. The average Bonchev–Trinajstić information content (AvgIpc) is 2.19. The fourth-order valence-corrected chi connectivity index (χ4v) is 1.77. The number of halogens is 2. The lowest BCUT2D eigenvalue weighted by atomic mass is 10.0. The molecule has 4 heteroatoms. The highest BCUT2D eigenvalue weighted by atomic mass is 19.1. The molecule has 2 heterocycles. The SMILES string of the molecule is Fc1cnc(C2CCCCN2)c(F)c1. The van der Waals surface area contributed by atoms with Gasteiger partial charge in [0.2, 0.25) is 0 Å². The molecule has 0 spiro atoms. The van der Waals surface area contributed by atoms with Crippen molar-refractivity contribution >= 4 is 0 Å². The quantitative estimate of drug-likeness (QED) is 0.748. The third-order valence-electron chi connectivity index (χ3n) is 2.48. The van der Waals surface area contributed by atoms with Crippen molar-refractivity contribution in [3.05, 3.63) is 29.6 Å². The molecule has 0 saturated carbocycles. The highest BCUT2D eigenvalue weighted by molar-refractivity contribution is 5.13. The molecular formula is C10H12F2N2. The van der Waals surface area contributed by atoms with E-state index >= 15 is 0 Å². The minimum Gasteiger partial charge on any atom is -0.309 e. The standard InChI is InChI=1S/C10H12F2N2/c11-7-5-8(12)10(14-6-7)9-3-1-2-4-13-9/h5-6,9,13H,1-4H2. The molecule has 1 atom stereocenters. The first-order valence-corrected chi connectivity index (χ1v) is 4.81. The summed E-state index contributed by atoms with van der Waals surface area (Å²) in [6.07, 6.45) is 4.11. The van der Waals surface area contributed by atoms with Crippen LogP contribution in [0.1, 0.15) is 31.0 Å². The van der Waals surface area contributed by atoms with Crippen LogP contribution < -0.4 is 5.32 Å². The van der Waals surface area contributed by atoms with Crippen molar-refractivity contribution in [3.8, 4) is 0 Å². The second-order valence-corrected chi connectivity index (χ2v) is 3.52. The van der Waals surface area contributed by atoms with Gasteiger partial charge >= 0.3 is 0 Å². The predicted molar refractivity (Wildman–Crippen MR) is 48.7 cm³/mol. The average molecular weight is 198 g/mol. The first-order chi connectivity index (χ1) is 6.77. The Morgan fingerprint density at radius 2 is 2.21 bits per heavy atom. The van der Waals surface area contributed by atoms with Gasteiger partial charge in [0.15, 0.2) is 0 Å². The lowest BCUT2D eigenvalue weighted by Crippen LogP contribution is -2.28. The van der Waals surface area contributed by atoms with E-state index in [0.29, 0.717) is 5.69 Å². The zero-order valence-corrected chi connectivity index (χ0v) is 7.76. The summed E-state index contributed by atoms with van der Waals surface area (Å²) in [4.78, 5) is 3.79. The topological polar surface area (TPSA) is 24.9 Å². The molecule has 0 bridgehead atoms. The summed E-state index contributed by atoms with van der Waals surface area (Å²) >= 11 is 0. The fraction of sp³-hybridized carbons (Fsp3) is 0.500. The van der Waals surface area contributed by atoms with Crippen molar-refractivity contribution in [2.45, 2.75) is 25.3 Å². The van der Waals surface area contributed by atoms with Crippen LogP contribution >= 0.6 is 0 Å². The van der Waals surface area contributed by atoms with Gasteiger partial charge in [-0.3, -0.25) is 4.98 Å². The number of aromatic nitrogens is 1. The molecule has 1 fully saturated rings. The van der Waals surface area contributed by atoms with Crippen molar-refractivity contribution < 1.29 is 8.78 Å². The number of piperidine rings is 1. The largest absolute Gasteiger partial charge is 0.309 e. The molecule has 1 aromatic heterocycles. The summed E-state index contributed by atoms with van der Waals surface area (Å²) in [6.45, 7) is 0.878. The van der Waals surface area contributed by atoms with Gasteiger partial charge in [0.1, 0.15) is 11.6 Å². The van der Waals surface area contributed by atoms with Gasteiger partial charge in [0.25, 0.3) is 0 Å². The molecule has 2 rings (SSSR count). The van der Waals surface area contributed by atoms with Gasteiger partial charge in [-0.1, -0.05) is 6.42 Å². The van der Waals surface area contributed by atoms with E-state index in [9.17, 15) is 8.78 Å². The molecule has 1 aliphatic heterocycles. The van der Waals surface area contributed by atoms with E-state index in [0.717, 1.165) is 38.1 Å². The van der Waals surface area contributed by atoms with Crippen LogP contribution in [0.2, 0.25) is 0 Å². The van der Waals surface area contributed by atoms with E-state index in [1.54, 1.807) is 0 Å². The lowest BCUT2D eigenvalue weighted by Gasteiger charge is -2.23. The summed E-state index contributed by atoms with van der Waals surface area (Å²) < 4.78 is 25.9. The minimum absolute atomic E-state index is 0.0515. The molecule has 1 aliphatic rings. The van der Waals surface area contributed by atoms with Crippen LogP contribution in [0.25, 0.3) is 0 Å². The summed E-state index contributed by atoms with van der Waals surface area (Å²) in [6, 6.07) is 0.836. The molecule has 0 radical (unpaired) electrons. The van der Waals surface area contributed by atoms with Crippen molar-refractivity contribution in [3.63, 3.8) is 0 Å². The van der Waals surface area contributed by atoms with E-state index in [1.165, 1.54) is 0 Å². The minimum atomic E-state index is -0.623. The van der Waals surface area contributed by atoms with Crippen molar-refractivity contribution in [2.75, 3.05) is 6.54 Å². The molecule has 0 aliphatic carbocycles. The number of nitrogens with zero attached hydrogens (tertiary/aromatic N) is 1. The number of hydrogen-bond acceptors (Lipinski definition) is 2. The van der Waals surface area contributed by atoms with E-state index < -0.39 is 11.6 Å². The summed E-state index contributed by atoms with van der Waals surface area (Å²) in [7, 11) is 0. The summed E-state index contributed by atoms with van der Waals surface area (Å²) in [5.41, 5.74) is 0.339. The van der Waals surface area contributed by atoms with E-state index in [-0.39, 0.29) is 6.04 Å². The van der Waals surface area contributed by atoms with Gasteiger partial charge in [-0.25, -0.2) is 8.78 Å². The molecule has 0 aromatic carbocycles. The Bertz CT molecular complexity index is 322. The van der Waals surface area contributed by atoms with Crippen LogP contribution in [0.5, 0.6) is 0 Å². The maximum absolute atomic E-state index is 13.3. The Kier molecular flexibility index (Phi) is 2.72. The molecule has 76 valence electrons. The van der Waals surface area contributed by atoms with Crippen molar-refractivity contribution in [1.82, 2.24) is 10.3 Å². The zero-order chi connectivity index (χ0) is 9.97. The smallest absolute Gasteiger partial charge is 0.149 e. The highest BCUT2D eigenvalue weighted by Gasteiger charge is 2.19. The number of hydrogen-bond donors (Lipinski definition) is 1. The van der Waals surface area contributed by atoms with Crippen molar-refractivity contribution in [1.29, 1.82) is 0 Å². The van der Waals surface area contributed by atoms with Gasteiger partial charge in [0, 0.05) is 6.07 Å². The molecule has 1 saturated heterocycles. The molecule has 1 N–H and O–H groups in total. The number of pyridine rings is 1. The van der Waals surface area contributed by atoms with E-state index in [2.05, 4.69) is 10.3 Å². The molecule has 1 unspecified atom stereocenters. The zero-order valence-electron chi connectivity index (χ0n) is 7.76. The van der Waals surface area contributed by atoms with Gasteiger partial charge in [-0.05, 0) is 19.4 Å². The van der Waals surface area contributed by atoms with Crippen LogP contribution in [0.15, 0.2) is 12.3 Å². The van der Waals surface area contributed by atoms with Crippen LogP contribution in [-0.4, -0.2) is 11.5 Å². The van der Waals surface area contributed by atoms with Crippen molar-refractivity contribution in [2.24, 2.45) is 0 Å². The third kappa shape index (κ3) is 1.90. The Morgan fingerprint density at radius 3 is 2.86 bits per heavy atom. The van der Waals surface area contributed by atoms with Gasteiger partial charge in [-0.2, -0.15) is 0 Å². The monoisotopic (exact) mass is 198 g/mol. The first kappa shape index (κ1) is 9.52. The Balaban J connectivity index is 2.22. The first-order valence-electron chi connectivity index (χ1n) is 4.81. The van der Waals surface area contributed by atoms with Gasteiger partial charge < -0.3 is 5.32 Å². The lowest BCUT2D eigenvalue weighted by molar-refractivity contribution is 0.389. The second-order valence-electron chi connectivity index (χ2n) is 3.52. The van der Waals surface area contributed by atoms with Crippen LogP contribution in [0.3, 0.4) is 0 Å². The van der Waals surface area contributed by atoms with E-state index in [4.69, 9.17) is 0 Å². The molecule has 0 amide bonds. The second kappa shape index (κ2) is 4.00. The number of rotatable bonds is 1. The van der Waals surface area contributed by atoms with Crippen LogP contribution in [0.4, 0.5) is 8.78 Å². The Morgan fingerprint density at radius 1 is 1.36 bits per heavy atom. The molecule has 1 aromatic rings. The molecule has 14 heavy (non-hydrogen) atoms. The number of nitrogens with one attached hydrogen (secondary N) is 1. The molecule has 2 nitrogen and oxygen atoms in total. The highest BCUT2D eigenvalue weighted by Crippen LogP contribution is 2.23. The maximum atomic E-state index is 13.3. The predicted octanol–water partition coefficient (Wildman–Crippen LogP) is 2.17. The summed E-state index contributed by atoms with van der Waals surface area (Å²) in [5.74, 6) is -1.17. The van der Waals surface area contributed by atoms with Gasteiger partial charge in [-0.15, -0.1) is 0 Å².